The van der Waals surface area contributed by atoms with Gasteiger partial charge in [0.05, 0.1) is 12.2 Å². The van der Waals surface area contributed by atoms with Crippen LogP contribution in [0.3, 0.4) is 0 Å². The van der Waals surface area contributed by atoms with E-state index in [0.717, 1.165) is 0 Å². The van der Waals surface area contributed by atoms with Crippen LogP contribution in [0.2, 0.25) is 0 Å². The molecule has 1 heterocycles. The second-order valence-corrected chi connectivity index (χ2v) is 5.85. The summed E-state index contributed by atoms with van der Waals surface area (Å²) in [5.41, 5.74) is 0. The number of rotatable bonds is 4. The Morgan fingerprint density at radius 2 is 2.20 bits per heavy atom. The van der Waals surface area contributed by atoms with E-state index >= 15 is 0 Å². The summed E-state index contributed by atoms with van der Waals surface area (Å²) < 4.78 is 23.2. The van der Waals surface area contributed by atoms with Gasteiger partial charge in [-0.25, -0.2) is 8.42 Å². The van der Waals surface area contributed by atoms with Crippen LogP contribution in [0.5, 0.6) is 0 Å². The molecule has 1 atom stereocenters. The van der Waals surface area contributed by atoms with Crippen LogP contribution in [-0.2, 0) is 19.4 Å². The van der Waals surface area contributed by atoms with E-state index in [1.807, 2.05) is 0 Å². The van der Waals surface area contributed by atoms with Crippen LogP contribution in [-0.4, -0.2) is 54.9 Å². The number of carboxylic acid groups (broad SMARTS) is 1. The third kappa shape index (κ3) is 2.68. The molecule has 0 spiro atoms. The minimum Gasteiger partial charge on any atom is -0.481 e. The van der Waals surface area contributed by atoms with Crippen LogP contribution >= 0.6 is 0 Å². The number of amides is 1. The Morgan fingerprint density at radius 1 is 1.60 bits per heavy atom. The van der Waals surface area contributed by atoms with Crippen LogP contribution in [0, 0.1) is 0 Å². The molecule has 7 heteroatoms. The maximum Gasteiger partial charge on any atom is 0.304 e. The molecule has 15 heavy (non-hydrogen) atoms. The zero-order chi connectivity index (χ0) is 11.6. The Balaban J connectivity index is 2.70. The van der Waals surface area contributed by atoms with Gasteiger partial charge >= 0.3 is 5.97 Å². The van der Waals surface area contributed by atoms with E-state index in [0.29, 0.717) is 6.54 Å². The van der Waals surface area contributed by atoms with Crippen LogP contribution in [0.4, 0.5) is 0 Å². The van der Waals surface area contributed by atoms with Crippen molar-refractivity contribution in [2.75, 3.05) is 19.3 Å². The first-order chi connectivity index (χ1) is 6.84. The number of sulfone groups is 1. The Hall–Kier alpha value is -1.11. The quantitative estimate of drug-likeness (QED) is 0.682. The van der Waals surface area contributed by atoms with Gasteiger partial charge in [0.25, 0.3) is 0 Å². The molecule has 1 unspecified atom stereocenters. The van der Waals surface area contributed by atoms with Crippen LogP contribution in [0.15, 0.2) is 0 Å². The molecule has 86 valence electrons. The maximum absolute atomic E-state index is 11.6. The van der Waals surface area contributed by atoms with E-state index in [9.17, 15) is 18.0 Å². The lowest BCUT2D eigenvalue weighted by Gasteiger charge is -2.10. The molecular weight excluding hydrogens is 222 g/mol. The fraction of sp³-hybridized carbons (Fsp3) is 0.750. The SMILES string of the molecule is CN1CCC(S(=O)(=O)CCC(=O)O)C1=O. The molecule has 1 N–H and O–H groups in total. The monoisotopic (exact) mass is 235 g/mol. The van der Waals surface area contributed by atoms with Crippen molar-refractivity contribution in [3.05, 3.63) is 0 Å². The summed E-state index contributed by atoms with van der Waals surface area (Å²) in [4.78, 5) is 23.0. The molecule has 1 aliphatic rings. The maximum atomic E-state index is 11.6. The molecule has 1 rings (SSSR count). The Labute approximate surface area is 87.8 Å². The highest BCUT2D eigenvalue weighted by Gasteiger charge is 2.39. The predicted octanol–water partition coefficient (Wildman–Crippen LogP) is -0.893. The lowest BCUT2D eigenvalue weighted by atomic mass is 10.4. The fourth-order valence-corrected chi connectivity index (χ4v) is 3.19. The first-order valence-electron chi connectivity index (χ1n) is 4.53. The first kappa shape index (κ1) is 12.0. The highest BCUT2D eigenvalue weighted by molar-refractivity contribution is 7.92. The highest BCUT2D eigenvalue weighted by atomic mass is 32.2. The molecule has 0 saturated carbocycles. The zero-order valence-electron chi connectivity index (χ0n) is 8.34. The second kappa shape index (κ2) is 4.18. The number of carbonyl (C=O) groups is 2. The lowest BCUT2D eigenvalue weighted by molar-refractivity contribution is -0.136. The normalized spacial score (nSPS) is 22.1. The summed E-state index contributed by atoms with van der Waals surface area (Å²) in [5, 5.41) is 7.34. The number of carboxylic acids is 1. The number of aliphatic carboxylic acids is 1. The van der Waals surface area contributed by atoms with Crippen molar-refractivity contribution in [2.45, 2.75) is 18.1 Å². The highest BCUT2D eigenvalue weighted by Crippen LogP contribution is 2.18. The number of hydrogen-bond donors (Lipinski definition) is 1. The van der Waals surface area contributed by atoms with Crippen molar-refractivity contribution in [3.8, 4) is 0 Å². The van der Waals surface area contributed by atoms with Crippen molar-refractivity contribution in [2.24, 2.45) is 0 Å². The van der Waals surface area contributed by atoms with E-state index in [1.54, 1.807) is 0 Å². The molecule has 1 aliphatic heterocycles. The van der Waals surface area contributed by atoms with E-state index in [1.165, 1.54) is 11.9 Å². The average molecular weight is 235 g/mol. The molecule has 1 saturated heterocycles. The lowest BCUT2D eigenvalue weighted by Crippen LogP contribution is -2.33. The van der Waals surface area contributed by atoms with Crippen LogP contribution in [0.25, 0.3) is 0 Å². The molecule has 0 radical (unpaired) electrons. The molecule has 0 aromatic carbocycles. The van der Waals surface area contributed by atoms with Gasteiger partial charge in [-0.05, 0) is 6.42 Å². The van der Waals surface area contributed by atoms with E-state index in [-0.39, 0.29) is 6.42 Å². The topological polar surface area (TPSA) is 91.8 Å². The smallest absolute Gasteiger partial charge is 0.304 e. The van der Waals surface area contributed by atoms with Crippen molar-refractivity contribution >= 4 is 21.7 Å². The van der Waals surface area contributed by atoms with E-state index in [2.05, 4.69) is 0 Å². The minimum absolute atomic E-state index is 0.261. The second-order valence-electron chi connectivity index (χ2n) is 3.55. The fourth-order valence-electron chi connectivity index (χ4n) is 1.50. The number of likely N-dealkylation sites (tertiary alicyclic amines) is 1. The minimum atomic E-state index is -3.61. The molecule has 0 aliphatic carbocycles. The predicted molar refractivity (Wildman–Crippen MR) is 52.1 cm³/mol. The number of carbonyl (C=O) groups excluding carboxylic acids is 1. The van der Waals surface area contributed by atoms with Gasteiger partial charge in [-0.3, -0.25) is 9.59 Å². The summed E-state index contributed by atoms with van der Waals surface area (Å²) in [5.74, 6) is -2.06. The Kier molecular flexibility index (Phi) is 3.33. The van der Waals surface area contributed by atoms with Crippen LogP contribution < -0.4 is 0 Å². The van der Waals surface area contributed by atoms with Crippen LogP contribution in [0.1, 0.15) is 12.8 Å². The summed E-state index contributed by atoms with van der Waals surface area (Å²) >= 11 is 0. The number of hydrogen-bond acceptors (Lipinski definition) is 4. The van der Waals surface area contributed by atoms with Gasteiger partial charge in [0, 0.05) is 13.6 Å². The van der Waals surface area contributed by atoms with Crippen molar-refractivity contribution in [1.29, 1.82) is 0 Å². The Morgan fingerprint density at radius 3 is 2.60 bits per heavy atom. The van der Waals surface area contributed by atoms with Gasteiger partial charge in [0.15, 0.2) is 9.84 Å². The largest absolute Gasteiger partial charge is 0.481 e. The third-order valence-corrected chi connectivity index (χ3v) is 4.49. The average Bonchev–Trinajstić information content (AvgIpc) is 2.45. The van der Waals surface area contributed by atoms with Gasteiger partial charge in [-0.1, -0.05) is 0 Å². The van der Waals surface area contributed by atoms with Crippen molar-refractivity contribution < 1.29 is 23.1 Å². The van der Waals surface area contributed by atoms with E-state index < -0.39 is 39.1 Å². The molecule has 0 aromatic rings. The van der Waals surface area contributed by atoms with Gasteiger partial charge in [-0.2, -0.15) is 0 Å². The third-order valence-electron chi connectivity index (χ3n) is 2.41. The molecule has 1 amide bonds. The molecular formula is C8H13NO5S. The van der Waals surface area contributed by atoms with Gasteiger partial charge in [0.1, 0.15) is 5.25 Å². The summed E-state index contributed by atoms with van der Waals surface area (Å²) in [6.45, 7) is 0.413. The summed E-state index contributed by atoms with van der Waals surface area (Å²) in [7, 11) is -2.07. The zero-order valence-corrected chi connectivity index (χ0v) is 9.16. The van der Waals surface area contributed by atoms with E-state index in [4.69, 9.17) is 5.11 Å². The summed E-state index contributed by atoms with van der Waals surface area (Å²) in [6, 6.07) is 0. The van der Waals surface area contributed by atoms with Crippen molar-refractivity contribution in [1.82, 2.24) is 4.90 Å². The Bertz CT molecular complexity index is 374. The van der Waals surface area contributed by atoms with Gasteiger partial charge < -0.3 is 10.0 Å². The summed E-state index contributed by atoms with van der Waals surface area (Å²) in [6.07, 6.45) is -0.187. The first-order valence-corrected chi connectivity index (χ1v) is 6.24. The molecule has 0 aromatic heterocycles. The number of nitrogens with zero attached hydrogens (tertiary/aromatic N) is 1. The van der Waals surface area contributed by atoms with Gasteiger partial charge in [-0.15, -0.1) is 0 Å². The van der Waals surface area contributed by atoms with Gasteiger partial charge in [0.2, 0.25) is 5.91 Å². The standard InChI is InChI=1S/C8H13NO5S/c1-9-4-2-6(8(9)12)15(13,14)5-3-7(10)11/h6H,2-5H2,1H3,(H,10,11). The molecule has 1 fully saturated rings. The molecule has 6 nitrogen and oxygen atoms in total. The molecule has 0 bridgehead atoms. The van der Waals surface area contributed by atoms with Crippen molar-refractivity contribution in [3.63, 3.8) is 0 Å².